The van der Waals surface area contributed by atoms with Gasteiger partial charge in [0.1, 0.15) is 5.10 Å². The minimum Gasteiger partial charge on any atom is -0.381 e. The van der Waals surface area contributed by atoms with Gasteiger partial charge in [-0.3, -0.25) is 9.69 Å². The SMILES string of the molecule is Cc1cccc(C(=O)N2CCN(CC3CCOC3)C2=N[N+](=O)[O-])c1. The highest BCUT2D eigenvalue weighted by Gasteiger charge is 2.36. The minimum atomic E-state index is -0.741. The van der Waals surface area contributed by atoms with Crippen molar-refractivity contribution in [1.82, 2.24) is 9.80 Å². The fourth-order valence-corrected chi connectivity index (χ4v) is 3.12. The summed E-state index contributed by atoms with van der Waals surface area (Å²) in [7, 11) is 0. The third kappa shape index (κ3) is 3.53. The molecule has 24 heavy (non-hydrogen) atoms. The number of ether oxygens (including phenoxy) is 1. The fourth-order valence-electron chi connectivity index (χ4n) is 3.12. The first-order valence-electron chi connectivity index (χ1n) is 7.99. The Kier molecular flexibility index (Phi) is 4.75. The summed E-state index contributed by atoms with van der Waals surface area (Å²) in [6.07, 6.45) is 0.925. The van der Waals surface area contributed by atoms with E-state index in [2.05, 4.69) is 5.10 Å². The molecule has 2 aliphatic heterocycles. The standard InChI is InChI=1S/C16H20N4O4/c1-12-3-2-4-14(9-12)15(21)19-7-6-18(16(19)17-20(22)23)10-13-5-8-24-11-13/h2-4,9,13H,5-8,10-11H2,1H3. The third-order valence-electron chi connectivity index (χ3n) is 4.30. The minimum absolute atomic E-state index is 0.124. The van der Waals surface area contributed by atoms with E-state index in [4.69, 9.17) is 4.74 Å². The molecule has 2 saturated heterocycles. The molecule has 0 aliphatic carbocycles. The molecule has 2 aliphatic rings. The van der Waals surface area contributed by atoms with Gasteiger partial charge in [0.05, 0.1) is 6.61 Å². The largest absolute Gasteiger partial charge is 0.381 e. The molecule has 2 fully saturated rings. The molecule has 1 unspecified atom stereocenters. The molecule has 2 heterocycles. The van der Waals surface area contributed by atoms with Crippen LogP contribution in [0.3, 0.4) is 0 Å². The molecule has 1 aromatic carbocycles. The lowest BCUT2D eigenvalue weighted by Gasteiger charge is -2.21. The topological polar surface area (TPSA) is 88.3 Å². The number of hydrazone groups is 1. The van der Waals surface area contributed by atoms with E-state index in [9.17, 15) is 14.9 Å². The van der Waals surface area contributed by atoms with Crippen molar-refractivity contribution in [3.63, 3.8) is 0 Å². The van der Waals surface area contributed by atoms with Gasteiger partial charge in [0.2, 0.25) is 0 Å². The van der Waals surface area contributed by atoms with Crippen LogP contribution in [0.25, 0.3) is 0 Å². The number of hydrogen-bond acceptors (Lipinski definition) is 4. The second-order valence-electron chi connectivity index (χ2n) is 6.14. The zero-order valence-corrected chi connectivity index (χ0v) is 13.6. The zero-order chi connectivity index (χ0) is 17.1. The van der Waals surface area contributed by atoms with Crippen molar-refractivity contribution in [3.8, 4) is 0 Å². The number of benzene rings is 1. The molecule has 3 rings (SSSR count). The first-order valence-corrected chi connectivity index (χ1v) is 7.99. The lowest BCUT2D eigenvalue weighted by Crippen LogP contribution is -2.40. The number of nitro groups is 1. The van der Waals surface area contributed by atoms with Gasteiger partial charge in [-0.05, 0) is 25.5 Å². The van der Waals surface area contributed by atoms with E-state index >= 15 is 0 Å². The number of aryl methyl sites for hydroxylation is 1. The maximum Gasteiger partial charge on any atom is 0.281 e. The summed E-state index contributed by atoms with van der Waals surface area (Å²) in [5, 5.41) is 13.7. The monoisotopic (exact) mass is 332 g/mol. The molecule has 0 aromatic heterocycles. The van der Waals surface area contributed by atoms with Gasteiger partial charge < -0.3 is 9.64 Å². The van der Waals surface area contributed by atoms with E-state index in [1.165, 1.54) is 4.90 Å². The van der Waals surface area contributed by atoms with Crippen LogP contribution in [0.15, 0.2) is 29.4 Å². The van der Waals surface area contributed by atoms with E-state index in [0.29, 0.717) is 44.3 Å². The highest BCUT2D eigenvalue weighted by atomic mass is 16.7. The second kappa shape index (κ2) is 6.96. The Morgan fingerprint density at radius 3 is 2.96 bits per heavy atom. The van der Waals surface area contributed by atoms with Crippen LogP contribution in [-0.2, 0) is 4.74 Å². The van der Waals surface area contributed by atoms with Crippen LogP contribution in [0.1, 0.15) is 22.3 Å². The molecule has 1 aromatic rings. The highest BCUT2D eigenvalue weighted by molar-refractivity contribution is 6.06. The van der Waals surface area contributed by atoms with Crippen molar-refractivity contribution in [1.29, 1.82) is 0 Å². The van der Waals surface area contributed by atoms with Crippen LogP contribution in [0, 0.1) is 23.0 Å². The summed E-state index contributed by atoms with van der Waals surface area (Å²) in [5.74, 6) is 0.179. The zero-order valence-electron chi connectivity index (χ0n) is 13.6. The third-order valence-corrected chi connectivity index (χ3v) is 4.30. The molecule has 0 radical (unpaired) electrons. The number of nitrogens with zero attached hydrogens (tertiary/aromatic N) is 4. The first kappa shape index (κ1) is 16.4. The van der Waals surface area contributed by atoms with Gasteiger partial charge in [0.25, 0.3) is 11.9 Å². The molecular weight excluding hydrogens is 312 g/mol. The lowest BCUT2D eigenvalue weighted by atomic mass is 10.1. The Labute approximate surface area is 139 Å². The molecule has 8 heteroatoms. The summed E-state index contributed by atoms with van der Waals surface area (Å²) >= 11 is 0. The molecule has 0 saturated carbocycles. The highest BCUT2D eigenvalue weighted by Crippen LogP contribution is 2.20. The van der Waals surface area contributed by atoms with E-state index in [0.717, 1.165) is 12.0 Å². The molecule has 1 amide bonds. The summed E-state index contributed by atoms with van der Waals surface area (Å²) < 4.78 is 5.36. The Hall–Kier alpha value is -2.48. The number of guanidine groups is 1. The van der Waals surface area contributed by atoms with E-state index in [-0.39, 0.29) is 11.9 Å². The van der Waals surface area contributed by atoms with Gasteiger partial charge in [-0.25, -0.2) is 10.1 Å². The summed E-state index contributed by atoms with van der Waals surface area (Å²) in [4.78, 5) is 26.9. The van der Waals surface area contributed by atoms with Gasteiger partial charge in [0.15, 0.2) is 5.03 Å². The molecule has 128 valence electrons. The van der Waals surface area contributed by atoms with Crippen LogP contribution in [0.5, 0.6) is 0 Å². The molecule has 0 spiro atoms. The first-order chi connectivity index (χ1) is 11.5. The number of carbonyl (C=O) groups is 1. The van der Waals surface area contributed by atoms with Crippen molar-refractivity contribution < 1.29 is 14.6 Å². The molecule has 0 N–H and O–H groups in total. The van der Waals surface area contributed by atoms with Crippen molar-refractivity contribution in [2.75, 3.05) is 32.8 Å². The second-order valence-corrected chi connectivity index (χ2v) is 6.14. The van der Waals surface area contributed by atoms with Gasteiger partial charge in [-0.2, -0.15) is 0 Å². The number of hydrogen-bond donors (Lipinski definition) is 0. The summed E-state index contributed by atoms with van der Waals surface area (Å²) in [6, 6.07) is 7.20. The summed E-state index contributed by atoms with van der Waals surface area (Å²) in [5.41, 5.74) is 1.48. The average Bonchev–Trinajstić information content (AvgIpc) is 3.18. The van der Waals surface area contributed by atoms with E-state index < -0.39 is 5.03 Å². The van der Waals surface area contributed by atoms with Crippen LogP contribution < -0.4 is 0 Å². The predicted molar refractivity (Wildman–Crippen MR) is 87.1 cm³/mol. The lowest BCUT2D eigenvalue weighted by molar-refractivity contribution is -0.486. The quantitative estimate of drug-likeness (QED) is 0.613. The predicted octanol–water partition coefficient (Wildman–Crippen LogP) is 1.34. The number of amides is 1. The van der Waals surface area contributed by atoms with Crippen LogP contribution >= 0.6 is 0 Å². The molecule has 1 atom stereocenters. The van der Waals surface area contributed by atoms with Crippen LogP contribution in [0.4, 0.5) is 0 Å². The molecule has 8 nitrogen and oxygen atoms in total. The van der Waals surface area contributed by atoms with Crippen molar-refractivity contribution in [3.05, 3.63) is 45.5 Å². The Balaban J connectivity index is 1.81. The Morgan fingerprint density at radius 1 is 1.46 bits per heavy atom. The van der Waals surface area contributed by atoms with Gasteiger partial charge in [-0.1, -0.05) is 17.7 Å². The smallest absolute Gasteiger partial charge is 0.281 e. The Bertz CT molecular complexity index is 670. The van der Waals surface area contributed by atoms with Gasteiger partial charge in [0, 0.05) is 37.7 Å². The van der Waals surface area contributed by atoms with E-state index in [1.807, 2.05) is 17.9 Å². The van der Waals surface area contributed by atoms with Crippen LogP contribution in [0.2, 0.25) is 0 Å². The average molecular weight is 332 g/mol. The maximum atomic E-state index is 12.7. The van der Waals surface area contributed by atoms with Crippen molar-refractivity contribution >= 4 is 11.9 Å². The van der Waals surface area contributed by atoms with Gasteiger partial charge in [-0.15, -0.1) is 0 Å². The van der Waals surface area contributed by atoms with E-state index in [1.54, 1.807) is 18.2 Å². The fraction of sp³-hybridized carbons (Fsp3) is 0.500. The number of rotatable bonds is 4. The van der Waals surface area contributed by atoms with Crippen LogP contribution in [-0.4, -0.2) is 59.5 Å². The normalized spacial score (nSPS) is 22.4. The van der Waals surface area contributed by atoms with Crippen molar-refractivity contribution in [2.45, 2.75) is 13.3 Å². The van der Waals surface area contributed by atoms with Crippen molar-refractivity contribution in [2.24, 2.45) is 11.0 Å². The molecular formula is C16H20N4O4. The maximum absolute atomic E-state index is 12.7. The summed E-state index contributed by atoms with van der Waals surface area (Å²) in [6.45, 7) is 4.82. The Morgan fingerprint density at radius 2 is 2.29 bits per heavy atom. The molecule has 0 bridgehead atoms. The number of carbonyl (C=O) groups excluding carboxylic acids is 1. The van der Waals surface area contributed by atoms with Gasteiger partial charge >= 0.3 is 0 Å².